The normalized spacial score (nSPS) is 10.4. The predicted molar refractivity (Wildman–Crippen MR) is 72.5 cm³/mol. The van der Waals surface area contributed by atoms with Gasteiger partial charge in [-0.25, -0.2) is 4.98 Å². The van der Waals surface area contributed by atoms with E-state index in [9.17, 15) is 9.59 Å². The fourth-order valence-corrected chi connectivity index (χ4v) is 2.02. The van der Waals surface area contributed by atoms with Crippen LogP contribution in [0.25, 0.3) is 0 Å². The van der Waals surface area contributed by atoms with E-state index in [4.69, 9.17) is 0 Å². The molecule has 0 saturated heterocycles. The van der Waals surface area contributed by atoms with Crippen LogP contribution in [0.1, 0.15) is 27.2 Å². The molecule has 100 valence electrons. The lowest BCUT2D eigenvalue weighted by atomic mass is 10.1. The summed E-state index contributed by atoms with van der Waals surface area (Å²) in [6.45, 7) is 6.47. The van der Waals surface area contributed by atoms with Gasteiger partial charge in [0.05, 0.1) is 6.54 Å². The maximum absolute atomic E-state index is 11.9. The van der Waals surface area contributed by atoms with Crippen LogP contribution in [0, 0.1) is 5.92 Å². The molecule has 0 aromatic carbocycles. The molecule has 6 heteroatoms. The van der Waals surface area contributed by atoms with Crippen molar-refractivity contribution in [1.29, 1.82) is 0 Å². The second-order valence-corrected chi connectivity index (χ2v) is 5.29. The molecular formula is C12H19N3O2S. The Kier molecular flexibility index (Phi) is 5.77. The average Bonchev–Trinajstić information content (AvgIpc) is 2.77. The number of nitrogens with one attached hydrogen (secondary N) is 1. The molecule has 1 aromatic heterocycles. The second kappa shape index (κ2) is 7.10. The number of carbonyl (C=O) groups excluding carboxylic acids is 2. The Morgan fingerprint density at radius 3 is 2.72 bits per heavy atom. The first-order valence-electron chi connectivity index (χ1n) is 6.00. The van der Waals surface area contributed by atoms with Crippen molar-refractivity contribution >= 4 is 28.3 Å². The van der Waals surface area contributed by atoms with Crippen LogP contribution in [0.5, 0.6) is 0 Å². The topological polar surface area (TPSA) is 62.3 Å². The number of aromatic nitrogens is 1. The van der Waals surface area contributed by atoms with E-state index in [2.05, 4.69) is 10.3 Å². The van der Waals surface area contributed by atoms with E-state index in [1.165, 1.54) is 11.3 Å². The Bertz CT molecular complexity index is 390. The minimum atomic E-state index is -0.205. The molecule has 1 aromatic rings. The molecule has 1 N–H and O–H groups in total. The molecule has 0 saturated carbocycles. The van der Waals surface area contributed by atoms with Gasteiger partial charge in [0.15, 0.2) is 5.13 Å². The van der Waals surface area contributed by atoms with Crippen molar-refractivity contribution in [2.45, 2.75) is 27.2 Å². The van der Waals surface area contributed by atoms with Crippen LogP contribution in [0.15, 0.2) is 11.6 Å². The molecule has 0 fully saturated rings. The Morgan fingerprint density at radius 2 is 2.22 bits per heavy atom. The van der Waals surface area contributed by atoms with Crippen LogP contribution >= 0.6 is 11.3 Å². The molecule has 1 heterocycles. The standard InChI is InChI=1S/C12H19N3O2S/c1-4-15(11(17)7-9(2)3)8-10(16)14-12-13-5-6-18-12/h5-6,9H,4,7-8H2,1-3H3,(H,13,14,16). The summed E-state index contributed by atoms with van der Waals surface area (Å²) >= 11 is 1.36. The molecule has 1 rings (SSSR count). The molecule has 0 spiro atoms. The number of anilines is 1. The van der Waals surface area contributed by atoms with Crippen LogP contribution in [0.3, 0.4) is 0 Å². The molecule has 5 nitrogen and oxygen atoms in total. The van der Waals surface area contributed by atoms with Crippen molar-refractivity contribution in [2.75, 3.05) is 18.4 Å². The van der Waals surface area contributed by atoms with Crippen LogP contribution < -0.4 is 5.32 Å². The summed E-state index contributed by atoms with van der Waals surface area (Å²) in [5, 5.41) is 5.02. The van der Waals surface area contributed by atoms with E-state index in [-0.39, 0.29) is 18.4 Å². The van der Waals surface area contributed by atoms with Crippen molar-refractivity contribution in [3.8, 4) is 0 Å². The number of thiazole rings is 1. The van der Waals surface area contributed by atoms with Crippen molar-refractivity contribution in [3.05, 3.63) is 11.6 Å². The Balaban J connectivity index is 2.47. The molecule has 0 aliphatic rings. The van der Waals surface area contributed by atoms with Crippen LogP contribution in [-0.2, 0) is 9.59 Å². The Hall–Kier alpha value is -1.43. The summed E-state index contributed by atoms with van der Waals surface area (Å²) in [7, 11) is 0. The number of carbonyl (C=O) groups is 2. The number of nitrogens with zero attached hydrogens (tertiary/aromatic N) is 2. The lowest BCUT2D eigenvalue weighted by Gasteiger charge is -2.20. The fraction of sp³-hybridized carbons (Fsp3) is 0.583. The molecule has 0 bridgehead atoms. The summed E-state index contributed by atoms with van der Waals surface area (Å²) in [5.41, 5.74) is 0. The third-order valence-corrected chi connectivity index (χ3v) is 3.02. The highest BCUT2D eigenvalue weighted by Crippen LogP contribution is 2.10. The zero-order valence-corrected chi connectivity index (χ0v) is 11.8. The highest BCUT2D eigenvalue weighted by molar-refractivity contribution is 7.13. The zero-order chi connectivity index (χ0) is 13.5. The van der Waals surface area contributed by atoms with Crippen molar-refractivity contribution in [3.63, 3.8) is 0 Å². The highest BCUT2D eigenvalue weighted by Gasteiger charge is 2.16. The first-order valence-corrected chi connectivity index (χ1v) is 6.88. The summed E-state index contributed by atoms with van der Waals surface area (Å²) in [5.74, 6) is 0.110. The first-order chi connectivity index (χ1) is 8.52. The van der Waals surface area contributed by atoms with Gasteiger partial charge in [-0.3, -0.25) is 9.59 Å². The van der Waals surface area contributed by atoms with Crippen LogP contribution in [-0.4, -0.2) is 34.8 Å². The average molecular weight is 269 g/mol. The number of hydrogen-bond acceptors (Lipinski definition) is 4. The molecule has 0 radical (unpaired) electrons. The largest absolute Gasteiger partial charge is 0.334 e. The van der Waals surface area contributed by atoms with E-state index < -0.39 is 0 Å². The Labute approximate surface area is 111 Å². The van der Waals surface area contributed by atoms with Gasteiger partial charge < -0.3 is 10.2 Å². The molecule has 2 amide bonds. The van der Waals surface area contributed by atoms with E-state index in [0.717, 1.165) is 0 Å². The summed E-state index contributed by atoms with van der Waals surface area (Å²) in [6, 6.07) is 0. The third-order valence-electron chi connectivity index (χ3n) is 2.33. The molecule has 0 unspecified atom stereocenters. The maximum Gasteiger partial charge on any atom is 0.245 e. The van der Waals surface area contributed by atoms with Gasteiger partial charge in [-0.15, -0.1) is 11.3 Å². The molecular weight excluding hydrogens is 250 g/mol. The first kappa shape index (κ1) is 14.6. The van der Waals surface area contributed by atoms with Gasteiger partial charge in [-0.2, -0.15) is 0 Å². The number of likely N-dealkylation sites (N-methyl/N-ethyl adjacent to an activating group) is 1. The fourth-order valence-electron chi connectivity index (χ4n) is 1.47. The highest BCUT2D eigenvalue weighted by atomic mass is 32.1. The van der Waals surface area contributed by atoms with Crippen LogP contribution in [0.2, 0.25) is 0 Å². The lowest BCUT2D eigenvalue weighted by Crippen LogP contribution is -2.38. The number of rotatable bonds is 6. The van der Waals surface area contributed by atoms with Crippen molar-refractivity contribution in [1.82, 2.24) is 9.88 Å². The summed E-state index contributed by atoms with van der Waals surface area (Å²) in [6.07, 6.45) is 2.10. The molecule has 0 aliphatic carbocycles. The predicted octanol–water partition coefficient (Wildman–Crippen LogP) is 1.98. The summed E-state index contributed by atoms with van der Waals surface area (Å²) in [4.78, 5) is 29.1. The van der Waals surface area contributed by atoms with E-state index in [1.807, 2.05) is 20.8 Å². The molecule has 0 aliphatic heterocycles. The third kappa shape index (κ3) is 4.83. The monoisotopic (exact) mass is 269 g/mol. The van der Waals surface area contributed by atoms with Crippen molar-refractivity contribution < 1.29 is 9.59 Å². The van der Waals surface area contributed by atoms with Gasteiger partial charge in [0.1, 0.15) is 0 Å². The minimum Gasteiger partial charge on any atom is -0.334 e. The van der Waals surface area contributed by atoms with E-state index in [0.29, 0.717) is 24.0 Å². The van der Waals surface area contributed by atoms with Gasteiger partial charge in [0.2, 0.25) is 11.8 Å². The van der Waals surface area contributed by atoms with Gasteiger partial charge in [-0.1, -0.05) is 13.8 Å². The van der Waals surface area contributed by atoms with Gasteiger partial charge in [0.25, 0.3) is 0 Å². The summed E-state index contributed by atoms with van der Waals surface area (Å²) < 4.78 is 0. The lowest BCUT2D eigenvalue weighted by molar-refractivity contribution is -0.135. The molecule has 18 heavy (non-hydrogen) atoms. The van der Waals surface area contributed by atoms with Crippen LogP contribution in [0.4, 0.5) is 5.13 Å². The van der Waals surface area contributed by atoms with E-state index >= 15 is 0 Å². The SMILES string of the molecule is CCN(CC(=O)Nc1nccs1)C(=O)CC(C)C. The quantitative estimate of drug-likeness (QED) is 0.859. The Morgan fingerprint density at radius 1 is 1.50 bits per heavy atom. The second-order valence-electron chi connectivity index (χ2n) is 4.39. The van der Waals surface area contributed by atoms with E-state index in [1.54, 1.807) is 16.5 Å². The van der Waals surface area contributed by atoms with Gasteiger partial charge in [0, 0.05) is 24.5 Å². The van der Waals surface area contributed by atoms with Gasteiger partial charge in [-0.05, 0) is 12.8 Å². The molecule has 0 atom stereocenters. The number of hydrogen-bond donors (Lipinski definition) is 1. The zero-order valence-electron chi connectivity index (χ0n) is 11.0. The van der Waals surface area contributed by atoms with Crippen molar-refractivity contribution in [2.24, 2.45) is 5.92 Å². The number of amides is 2. The maximum atomic E-state index is 11.9. The smallest absolute Gasteiger partial charge is 0.245 e. The minimum absolute atomic E-state index is 0.0155. The van der Waals surface area contributed by atoms with Gasteiger partial charge >= 0.3 is 0 Å².